The summed E-state index contributed by atoms with van der Waals surface area (Å²) in [5, 5.41) is 22.7. The lowest BCUT2D eigenvalue weighted by atomic mass is 10.1. The summed E-state index contributed by atoms with van der Waals surface area (Å²) < 4.78 is 1.54. The quantitative estimate of drug-likeness (QED) is 0.900. The predicted octanol–water partition coefficient (Wildman–Crippen LogP) is 2.21. The highest BCUT2D eigenvalue weighted by Gasteiger charge is 2.16. The molecule has 2 rings (SSSR count). The first-order chi connectivity index (χ1) is 9.01. The topological polar surface area (TPSA) is 75.3 Å². The molecule has 0 saturated heterocycles. The van der Waals surface area contributed by atoms with Crippen LogP contribution in [0.5, 0.6) is 0 Å². The van der Waals surface area contributed by atoms with Gasteiger partial charge in [0.2, 0.25) is 0 Å². The first kappa shape index (κ1) is 13.6. The van der Waals surface area contributed by atoms with Gasteiger partial charge in [0.25, 0.3) is 0 Å². The first-order valence-electron chi connectivity index (χ1n) is 5.69. The Morgan fingerprint density at radius 1 is 1.47 bits per heavy atom. The van der Waals surface area contributed by atoms with Crippen LogP contribution in [0.3, 0.4) is 0 Å². The van der Waals surface area contributed by atoms with Crippen LogP contribution in [0.4, 0.5) is 0 Å². The van der Waals surface area contributed by atoms with Gasteiger partial charge in [0.05, 0.1) is 24.4 Å². The molecule has 1 unspecified atom stereocenters. The van der Waals surface area contributed by atoms with Crippen molar-refractivity contribution in [2.45, 2.75) is 19.4 Å². The largest absolute Gasteiger partial charge is 0.481 e. The number of aliphatic hydroxyl groups is 1. The second-order valence-electron chi connectivity index (χ2n) is 4.25. The molecule has 0 saturated carbocycles. The molecule has 0 fully saturated rings. The van der Waals surface area contributed by atoms with E-state index in [0.29, 0.717) is 21.8 Å². The summed E-state index contributed by atoms with van der Waals surface area (Å²) in [6.07, 6.45) is 3.16. The average Bonchev–Trinajstić information content (AvgIpc) is 2.86. The van der Waals surface area contributed by atoms with E-state index in [2.05, 4.69) is 5.10 Å². The van der Waals surface area contributed by atoms with Crippen LogP contribution in [0.2, 0.25) is 5.02 Å². The molecule has 2 N–H and O–H groups in total. The summed E-state index contributed by atoms with van der Waals surface area (Å²) in [6.45, 7) is 1.48. The van der Waals surface area contributed by atoms with E-state index in [1.54, 1.807) is 36.0 Å². The maximum Gasteiger partial charge on any atom is 0.310 e. The van der Waals surface area contributed by atoms with E-state index >= 15 is 0 Å². The molecule has 6 heteroatoms. The molecule has 1 aromatic heterocycles. The summed E-state index contributed by atoms with van der Waals surface area (Å²) in [4.78, 5) is 10.9. The lowest BCUT2D eigenvalue weighted by molar-refractivity contribution is -0.138. The van der Waals surface area contributed by atoms with E-state index in [-0.39, 0.29) is 6.61 Å². The van der Waals surface area contributed by atoms with Crippen LogP contribution in [0, 0.1) is 0 Å². The number of carboxylic acids is 1. The summed E-state index contributed by atoms with van der Waals surface area (Å²) in [5.74, 6) is -1.52. The molecule has 0 amide bonds. The predicted molar refractivity (Wildman–Crippen MR) is 70.5 cm³/mol. The fourth-order valence-corrected chi connectivity index (χ4v) is 1.95. The number of rotatable bonds is 4. The number of aliphatic carboxylic acids is 1. The smallest absolute Gasteiger partial charge is 0.310 e. The normalized spacial score (nSPS) is 12.4. The second-order valence-corrected chi connectivity index (χ2v) is 4.69. The summed E-state index contributed by atoms with van der Waals surface area (Å²) in [6, 6.07) is 5.10. The zero-order valence-corrected chi connectivity index (χ0v) is 11.0. The summed E-state index contributed by atoms with van der Waals surface area (Å²) in [5.41, 5.74) is 1.96. The van der Waals surface area contributed by atoms with Gasteiger partial charge in [-0.25, -0.2) is 4.68 Å². The van der Waals surface area contributed by atoms with Crippen molar-refractivity contribution in [1.82, 2.24) is 9.78 Å². The van der Waals surface area contributed by atoms with Crippen LogP contribution in [-0.2, 0) is 11.4 Å². The third-order valence-corrected chi connectivity index (χ3v) is 3.08. The molecule has 0 bridgehead atoms. The van der Waals surface area contributed by atoms with E-state index < -0.39 is 11.9 Å². The van der Waals surface area contributed by atoms with Crippen molar-refractivity contribution in [3.8, 4) is 5.69 Å². The zero-order valence-electron chi connectivity index (χ0n) is 10.2. The van der Waals surface area contributed by atoms with E-state index in [9.17, 15) is 4.79 Å². The minimum Gasteiger partial charge on any atom is -0.481 e. The fraction of sp³-hybridized carbons (Fsp3) is 0.231. The van der Waals surface area contributed by atoms with Gasteiger partial charge in [-0.15, -0.1) is 0 Å². The zero-order chi connectivity index (χ0) is 14.0. The average molecular weight is 281 g/mol. The van der Waals surface area contributed by atoms with Crippen LogP contribution < -0.4 is 0 Å². The molecule has 100 valence electrons. The fourth-order valence-electron chi connectivity index (χ4n) is 1.70. The van der Waals surface area contributed by atoms with Gasteiger partial charge in [-0.2, -0.15) is 5.10 Å². The molecule has 1 atom stereocenters. The van der Waals surface area contributed by atoms with Crippen LogP contribution in [0.25, 0.3) is 5.69 Å². The standard InChI is InChI=1S/C13H13ClN2O3/c1-8(13(18)19)10-5-15-16(6-10)12-3-9(7-17)2-11(14)4-12/h2-6,8,17H,7H2,1H3,(H,18,19). The molecule has 0 spiro atoms. The van der Waals surface area contributed by atoms with Crippen LogP contribution in [0.15, 0.2) is 30.6 Å². The van der Waals surface area contributed by atoms with Crippen molar-refractivity contribution in [1.29, 1.82) is 0 Å². The van der Waals surface area contributed by atoms with Crippen molar-refractivity contribution in [3.05, 3.63) is 46.7 Å². The minimum absolute atomic E-state index is 0.118. The molecule has 0 aliphatic carbocycles. The number of halogens is 1. The summed E-state index contributed by atoms with van der Waals surface area (Å²) >= 11 is 5.95. The van der Waals surface area contributed by atoms with Gasteiger partial charge >= 0.3 is 5.97 Å². The van der Waals surface area contributed by atoms with E-state index in [1.165, 1.54) is 6.20 Å². The maximum atomic E-state index is 10.9. The van der Waals surface area contributed by atoms with Gasteiger partial charge in [-0.3, -0.25) is 4.79 Å². The number of carboxylic acid groups (broad SMARTS) is 1. The van der Waals surface area contributed by atoms with Crippen molar-refractivity contribution in [3.63, 3.8) is 0 Å². The third-order valence-electron chi connectivity index (χ3n) is 2.86. The lowest BCUT2D eigenvalue weighted by Crippen LogP contribution is -2.06. The lowest BCUT2D eigenvalue weighted by Gasteiger charge is -2.05. The van der Waals surface area contributed by atoms with Gasteiger partial charge in [0.15, 0.2) is 0 Å². The number of aromatic nitrogens is 2. The first-order valence-corrected chi connectivity index (χ1v) is 6.07. The molecule has 1 aromatic carbocycles. The number of benzene rings is 1. The van der Waals surface area contributed by atoms with Gasteiger partial charge < -0.3 is 10.2 Å². The Balaban J connectivity index is 2.37. The minimum atomic E-state index is -0.901. The Kier molecular flexibility index (Phi) is 3.87. The molecule has 1 heterocycles. The van der Waals surface area contributed by atoms with Crippen molar-refractivity contribution < 1.29 is 15.0 Å². The molecule has 0 radical (unpaired) electrons. The highest BCUT2D eigenvalue weighted by Crippen LogP contribution is 2.20. The Hall–Kier alpha value is -1.85. The molecule has 2 aromatic rings. The Morgan fingerprint density at radius 3 is 2.84 bits per heavy atom. The molecular weight excluding hydrogens is 268 g/mol. The summed E-state index contributed by atoms with van der Waals surface area (Å²) in [7, 11) is 0. The molecular formula is C13H13ClN2O3. The van der Waals surface area contributed by atoms with Crippen molar-refractivity contribution in [2.75, 3.05) is 0 Å². The van der Waals surface area contributed by atoms with E-state index in [4.69, 9.17) is 21.8 Å². The maximum absolute atomic E-state index is 10.9. The molecule has 19 heavy (non-hydrogen) atoms. The molecule has 5 nitrogen and oxygen atoms in total. The number of hydrogen-bond acceptors (Lipinski definition) is 3. The number of carbonyl (C=O) groups is 1. The SMILES string of the molecule is CC(C(=O)O)c1cnn(-c2cc(Cl)cc(CO)c2)c1. The van der Waals surface area contributed by atoms with Crippen LogP contribution in [0.1, 0.15) is 24.0 Å². The molecule has 0 aliphatic heterocycles. The second kappa shape index (κ2) is 5.42. The molecule has 0 aliphatic rings. The monoisotopic (exact) mass is 280 g/mol. The highest BCUT2D eigenvalue weighted by molar-refractivity contribution is 6.30. The highest BCUT2D eigenvalue weighted by atomic mass is 35.5. The van der Waals surface area contributed by atoms with Crippen molar-refractivity contribution in [2.24, 2.45) is 0 Å². The van der Waals surface area contributed by atoms with Crippen LogP contribution in [-0.4, -0.2) is 26.0 Å². The van der Waals surface area contributed by atoms with Gasteiger partial charge in [-0.05, 0) is 30.7 Å². The number of aliphatic hydroxyl groups excluding tert-OH is 1. The Labute approximate surface area is 115 Å². The van der Waals surface area contributed by atoms with Crippen LogP contribution >= 0.6 is 11.6 Å². The van der Waals surface area contributed by atoms with Gasteiger partial charge in [-0.1, -0.05) is 11.6 Å². The number of hydrogen-bond donors (Lipinski definition) is 2. The van der Waals surface area contributed by atoms with Gasteiger partial charge in [0, 0.05) is 16.8 Å². The van der Waals surface area contributed by atoms with Gasteiger partial charge in [0.1, 0.15) is 0 Å². The Morgan fingerprint density at radius 2 is 2.21 bits per heavy atom. The van der Waals surface area contributed by atoms with E-state index in [1.807, 2.05) is 0 Å². The Bertz CT molecular complexity index is 610. The third kappa shape index (κ3) is 2.94. The van der Waals surface area contributed by atoms with E-state index in [0.717, 1.165) is 0 Å². The van der Waals surface area contributed by atoms with Crippen molar-refractivity contribution >= 4 is 17.6 Å². The number of nitrogens with zero attached hydrogens (tertiary/aromatic N) is 2.